The van der Waals surface area contributed by atoms with Crippen molar-refractivity contribution in [3.8, 4) is 5.75 Å². The van der Waals surface area contributed by atoms with E-state index in [4.69, 9.17) is 4.74 Å². The second-order valence-electron chi connectivity index (χ2n) is 7.04. The lowest BCUT2D eigenvalue weighted by Gasteiger charge is -2.08. The summed E-state index contributed by atoms with van der Waals surface area (Å²) in [6, 6.07) is 21.6. The molecule has 0 bridgehead atoms. The number of imidazole rings is 1. The average molecular weight is 428 g/mol. The highest BCUT2D eigenvalue weighted by Crippen LogP contribution is 2.16. The molecule has 31 heavy (non-hydrogen) atoms. The Hall–Kier alpha value is -3.97. The summed E-state index contributed by atoms with van der Waals surface area (Å²) in [5.41, 5.74) is 3.50. The average Bonchev–Trinajstić information content (AvgIpc) is 3.29. The standard InChI is InChI=1S/C24H16N2O4S/c27-22-21(31-24-25-19-6-1-2-7-20(19)26(22)24)13-15-8-10-18(11-9-15)30-14-16-4-3-5-17(12-16)23(28)29/h1-13H,14H2,(H,28,29)/b21-13-. The van der Waals surface area contributed by atoms with E-state index in [2.05, 4.69) is 4.98 Å². The lowest BCUT2D eigenvalue weighted by Crippen LogP contribution is -2.22. The van der Waals surface area contributed by atoms with Crippen LogP contribution < -0.4 is 24.9 Å². The molecule has 0 aliphatic carbocycles. The molecule has 152 valence electrons. The first-order valence-electron chi connectivity index (χ1n) is 9.59. The molecule has 0 unspecified atom stereocenters. The maximum absolute atomic E-state index is 12.9. The number of nitrogens with zero attached hydrogens (tertiary/aromatic N) is 1. The molecule has 0 amide bonds. The summed E-state index contributed by atoms with van der Waals surface area (Å²) in [5, 5.41) is 11.0. The molecule has 0 aliphatic rings. The maximum atomic E-state index is 12.9. The van der Waals surface area contributed by atoms with Gasteiger partial charge >= 0.3 is 10.5 Å². The van der Waals surface area contributed by atoms with E-state index in [-0.39, 0.29) is 17.7 Å². The molecule has 0 saturated heterocycles. The van der Waals surface area contributed by atoms with E-state index in [1.807, 2.05) is 54.6 Å². The smallest absolute Gasteiger partial charge is 0.357 e. The number of H-pyrrole nitrogens is 1. The van der Waals surface area contributed by atoms with Gasteiger partial charge in [-0.05, 0) is 64.4 Å². The van der Waals surface area contributed by atoms with Gasteiger partial charge < -0.3 is 14.6 Å². The fraction of sp³-hybridized carbons (Fsp3) is 0.0417. The lowest BCUT2D eigenvalue weighted by atomic mass is 10.1. The Morgan fingerprint density at radius 1 is 1.06 bits per heavy atom. The number of para-hydroxylation sites is 2. The summed E-state index contributed by atoms with van der Waals surface area (Å²) in [6.45, 7) is 0.244. The van der Waals surface area contributed by atoms with Crippen LogP contribution in [0.4, 0.5) is 0 Å². The van der Waals surface area contributed by atoms with Crippen LogP contribution in [0.2, 0.25) is 0 Å². The third kappa shape index (κ3) is 3.67. The van der Waals surface area contributed by atoms with Gasteiger partial charge in [-0.2, -0.15) is 0 Å². The predicted molar refractivity (Wildman–Crippen MR) is 116 cm³/mol. The number of aromatic carboxylic acids is 1. The Morgan fingerprint density at radius 3 is 2.68 bits per heavy atom. The van der Waals surface area contributed by atoms with Crippen molar-refractivity contribution in [1.29, 1.82) is 0 Å². The number of carboxylic acid groups (broad SMARTS) is 1. The molecule has 1 N–H and O–H groups in total. The summed E-state index contributed by atoms with van der Waals surface area (Å²) < 4.78 is 8.09. The highest BCUT2D eigenvalue weighted by molar-refractivity contribution is 7.14. The maximum Gasteiger partial charge on any atom is 0.357 e. The van der Waals surface area contributed by atoms with Crippen molar-refractivity contribution >= 4 is 39.4 Å². The van der Waals surface area contributed by atoms with Gasteiger partial charge in [0.15, 0.2) is 11.0 Å². The van der Waals surface area contributed by atoms with Crippen LogP contribution in [0.15, 0.2) is 77.6 Å². The van der Waals surface area contributed by atoms with Gasteiger partial charge in [0.05, 0.1) is 5.97 Å². The fourth-order valence-electron chi connectivity index (χ4n) is 3.44. The molecule has 7 heteroatoms. The number of thiazole rings is 1. The van der Waals surface area contributed by atoms with E-state index >= 15 is 0 Å². The predicted octanol–water partition coefficient (Wildman–Crippen LogP) is 1.82. The second kappa shape index (κ2) is 7.70. The van der Waals surface area contributed by atoms with E-state index in [0.29, 0.717) is 10.3 Å². The number of rotatable bonds is 5. The van der Waals surface area contributed by atoms with Gasteiger partial charge in [-0.25, -0.2) is 9.78 Å². The zero-order valence-corrected chi connectivity index (χ0v) is 17.0. The number of nitrogens with one attached hydrogen (secondary N) is 1. The monoisotopic (exact) mass is 428 g/mol. The Bertz CT molecular complexity index is 1530. The number of benzene rings is 3. The zero-order chi connectivity index (χ0) is 21.4. The number of fused-ring (bicyclic) bond motifs is 3. The molecule has 5 rings (SSSR count). The van der Waals surface area contributed by atoms with Crippen LogP contribution in [0.3, 0.4) is 0 Å². The number of aromatic amines is 1. The molecule has 0 aliphatic heterocycles. The Kier molecular flexibility index (Phi) is 4.72. The fourth-order valence-corrected chi connectivity index (χ4v) is 4.46. The molecule has 0 fully saturated rings. The van der Waals surface area contributed by atoms with E-state index in [9.17, 15) is 14.7 Å². The Morgan fingerprint density at radius 2 is 1.87 bits per heavy atom. The van der Waals surface area contributed by atoms with Crippen LogP contribution in [0, 0.1) is 0 Å². The number of hydrogen-bond acceptors (Lipinski definition) is 5. The molecule has 0 saturated carbocycles. The minimum atomic E-state index is -1.21. The Balaban J connectivity index is 1.37. The number of carbonyl (C=O) groups is 1. The molecular weight excluding hydrogens is 412 g/mol. The van der Waals surface area contributed by atoms with Crippen molar-refractivity contribution in [1.82, 2.24) is 4.40 Å². The zero-order valence-electron chi connectivity index (χ0n) is 16.2. The number of hydrogen-bond donors (Lipinski definition) is 0. The number of carbonyl (C=O) groups excluding carboxylic acids is 1. The van der Waals surface area contributed by atoms with Crippen LogP contribution in [-0.4, -0.2) is 10.4 Å². The first kappa shape index (κ1) is 19.0. The largest absolute Gasteiger partial charge is 0.545 e. The summed E-state index contributed by atoms with van der Waals surface area (Å²) >= 11 is 1.41. The minimum Gasteiger partial charge on any atom is -0.545 e. The highest BCUT2D eigenvalue weighted by Gasteiger charge is 2.17. The third-order valence-corrected chi connectivity index (χ3v) is 5.95. The van der Waals surface area contributed by atoms with E-state index in [0.717, 1.165) is 27.1 Å². The van der Waals surface area contributed by atoms with Crippen molar-refractivity contribution in [2.45, 2.75) is 6.61 Å². The van der Waals surface area contributed by atoms with Crippen LogP contribution in [-0.2, 0) is 6.61 Å². The van der Waals surface area contributed by atoms with Gasteiger partial charge in [0, 0.05) is 0 Å². The minimum absolute atomic E-state index is 0.0504. The number of aromatic nitrogens is 2. The lowest BCUT2D eigenvalue weighted by molar-refractivity contribution is -0.308. The summed E-state index contributed by atoms with van der Waals surface area (Å²) in [7, 11) is 0. The van der Waals surface area contributed by atoms with E-state index < -0.39 is 5.97 Å². The van der Waals surface area contributed by atoms with Crippen molar-refractivity contribution < 1.29 is 19.6 Å². The van der Waals surface area contributed by atoms with Crippen LogP contribution in [0.5, 0.6) is 5.75 Å². The third-order valence-electron chi connectivity index (χ3n) is 4.96. The first-order valence-corrected chi connectivity index (χ1v) is 10.4. The highest BCUT2D eigenvalue weighted by atomic mass is 32.1. The van der Waals surface area contributed by atoms with Crippen LogP contribution in [0.25, 0.3) is 22.1 Å². The summed E-state index contributed by atoms with van der Waals surface area (Å²) in [6.07, 6.45) is 1.86. The van der Waals surface area contributed by atoms with Crippen molar-refractivity contribution in [2.24, 2.45) is 0 Å². The number of carboxylic acids is 1. The van der Waals surface area contributed by atoms with Gasteiger partial charge in [0.1, 0.15) is 16.9 Å². The second-order valence-corrected chi connectivity index (χ2v) is 8.07. The molecule has 3 aromatic carbocycles. The van der Waals surface area contributed by atoms with Gasteiger partial charge in [-0.15, -0.1) is 4.40 Å². The molecule has 2 heterocycles. The summed E-state index contributed by atoms with van der Waals surface area (Å²) in [5.74, 6) is -0.562. The van der Waals surface area contributed by atoms with Crippen molar-refractivity contribution in [3.63, 3.8) is 0 Å². The first-order chi connectivity index (χ1) is 15.1. The van der Waals surface area contributed by atoms with Gasteiger partial charge in [-0.3, -0.25) is 0 Å². The van der Waals surface area contributed by atoms with Crippen LogP contribution >= 0.6 is 11.3 Å². The SMILES string of the molecule is O=C([O-])c1cccc(COc2ccc(/C=c3\sc4[nH+]c5ccccc5n4c3=O)cc2)c1. The van der Waals surface area contributed by atoms with E-state index in [1.165, 1.54) is 23.5 Å². The molecule has 0 spiro atoms. The van der Waals surface area contributed by atoms with Crippen molar-refractivity contribution in [3.05, 3.63) is 104 Å². The normalized spacial score (nSPS) is 11.9. The molecule has 2 aromatic heterocycles. The van der Waals surface area contributed by atoms with Crippen molar-refractivity contribution in [2.75, 3.05) is 0 Å². The Labute approximate surface area is 180 Å². The van der Waals surface area contributed by atoms with Crippen LogP contribution in [0.1, 0.15) is 21.5 Å². The molecule has 0 atom stereocenters. The van der Waals surface area contributed by atoms with Gasteiger partial charge in [-0.1, -0.05) is 42.5 Å². The molecule has 5 aromatic rings. The number of ether oxygens (including phenoxy) is 1. The molecule has 6 nitrogen and oxygen atoms in total. The quantitative estimate of drug-likeness (QED) is 0.427. The summed E-state index contributed by atoms with van der Waals surface area (Å²) in [4.78, 5) is 27.9. The molecular formula is C24H16N2O4S. The van der Waals surface area contributed by atoms with Gasteiger partial charge in [0.25, 0.3) is 0 Å². The molecule has 0 radical (unpaired) electrons. The van der Waals surface area contributed by atoms with E-state index in [1.54, 1.807) is 16.5 Å². The topological polar surface area (TPSA) is 85.0 Å². The van der Waals surface area contributed by atoms with Gasteiger partial charge in [0.2, 0.25) is 0 Å².